The van der Waals surface area contributed by atoms with Crippen LogP contribution in [0.1, 0.15) is 30.1 Å². The molecule has 1 aliphatic heterocycles. The average Bonchev–Trinajstić information content (AvgIpc) is 2.46. The van der Waals surface area contributed by atoms with Crippen LogP contribution in [0.25, 0.3) is 0 Å². The van der Waals surface area contributed by atoms with Gasteiger partial charge in [0.2, 0.25) is 0 Å². The number of methoxy groups -OCH3 is 1. The first kappa shape index (κ1) is 14.8. The molecule has 0 aromatic heterocycles. The first-order chi connectivity index (χ1) is 9.61. The van der Waals surface area contributed by atoms with Crippen molar-refractivity contribution in [3.05, 3.63) is 29.6 Å². The monoisotopic (exact) mass is 280 g/mol. The van der Waals surface area contributed by atoms with Gasteiger partial charge in [0, 0.05) is 18.7 Å². The van der Waals surface area contributed by atoms with Gasteiger partial charge in [-0.2, -0.15) is 0 Å². The number of ether oxygens (including phenoxy) is 1. The van der Waals surface area contributed by atoms with E-state index in [2.05, 4.69) is 17.6 Å². The third-order valence-corrected chi connectivity index (χ3v) is 3.83. The maximum atomic E-state index is 13.8. The van der Waals surface area contributed by atoms with Crippen LogP contribution in [0.2, 0.25) is 0 Å². The third-order valence-electron chi connectivity index (χ3n) is 3.83. The highest BCUT2D eigenvalue weighted by atomic mass is 19.1. The average molecular weight is 280 g/mol. The van der Waals surface area contributed by atoms with Crippen molar-refractivity contribution in [1.82, 2.24) is 10.6 Å². The van der Waals surface area contributed by atoms with E-state index in [-0.39, 0.29) is 17.5 Å². The Morgan fingerprint density at radius 1 is 1.55 bits per heavy atom. The zero-order valence-electron chi connectivity index (χ0n) is 11.9. The van der Waals surface area contributed by atoms with Crippen molar-refractivity contribution < 1.29 is 13.9 Å². The van der Waals surface area contributed by atoms with Crippen molar-refractivity contribution in [2.45, 2.75) is 25.8 Å². The van der Waals surface area contributed by atoms with Crippen LogP contribution >= 0.6 is 0 Å². The van der Waals surface area contributed by atoms with E-state index in [1.54, 1.807) is 6.07 Å². The predicted octanol–water partition coefficient (Wildman–Crippen LogP) is 1.95. The van der Waals surface area contributed by atoms with E-state index in [4.69, 9.17) is 4.74 Å². The second-order valence-electron chi connectivity index (χ2n) is 5.24. The molecule has 0 spiro atoms. The standard InChI is InChI=1S/C15H21FN2O2/c1-10-4-3-7-17-14(10)9-18-15(19)12-6-5-11(20-2)8-13(12)16/h5-6,8,10,14,17H,3-4,7,9H2,1-2H3,(H,18,19). The van der Waals surface area contributed by atoms with E-state index in [0.717, 1.165) is 13.0 Å². The summed E-state index contributed by atoms with van der Waals surface area (Å²) in [6, 6.07) is 4.51. The minimum atomic E-state index is -0.563. The summed E-state index contributed by atoms with van der Waals surface area (Å²) in [5.74, 6) is -0.0254. The Morgan fingerprint density at radius 2 is 2.35 bits per heavy atom. The third kappa shape index (κ3) is 3.48. The number of carbonyl (C=O) groups excluding carboxylic acids is 1. The van der Waals surface area contributed by atoms with Gasteiger partial charge in [-0.05, 0) is 37.4 Å². The molecular weight excluding hydrogens is 259 g/mol. The highest BCUT2D eigenvalue weighted by Gasteiger charge is 2.21. The molecule has 20 heavy (non-hydrogen) atoms. The Hall–Kier alpha value is -1.62. The quantitative estimate of drug-likeness (QED) is 0.886. The van der Waals surface area contributed by atoms with E-state index in [9.17, 15) is 9.18 Å². The topological polar surface area (TPSA) is 50.4 Å². The first-order valence-corrected chi connectivity index (χ1v) is 6.97. The van der Waals surface area contributed by atoms with Crippen molar-refractivity contribution >= 4 is 5.91 Å². The lowest BCUT2D eigenvalue weighted by Gasteiger charge is -2.30. The lowest BCUT2D eigenvalue weighted by Crippen LogP contribution is -2.47. The SMILES string of the molecule is COc1ccc(C(=O)NCC2NCCCC2C)c(F)c1. The van der Waals surface area contributed by atoms with Crippen molar-refractivity contribution in [2.75, 3.05) is 20.2 Å². The molecule has 1 amide bonds. The molecule has 0 bridgehead atoms. The van der Waals surface area contributed by atoms with Gasteiger partial charge in [0.1, 0.15) is 11.6 Å². The molecule has 0 aliphatic carbocycles. The molecule has 1 fully saturated rings. The number of rotatable bonds is 4. The summed E-state index contributed by atoms with van der Waals surface area (Å²) in [4.78, 5) is 12.0. The molecule has 2 rings (SSSR count). The van der Waals surface area contributed by atoms with Gasteiger partial charge in [0.05, 0.1) is 12.7 Å². The summed E-state index contributed by atoms with van der Waals surface area (Å²) in [5, 5.41) is 6.18. The van der Waals surface area contributed by atoms with Crippen LogP contribution in [0.4, 0.5) is 4.39 Å². The van der Waals surface area contributed by atoms with Crippen molar-refractivity contribution in [2.24, 2.45) is 5.92 Å². The number of benzene rings is 1. The Kier molecular flexibility index (Phi) is 4.95. The van der Waals surface area contributed by atoms with Gasteiger partial charge in [0.15, 0.2) is 0 Å². The van der Waals surface area contributed by atoms with Crippen LogP contribution in [-0.4, -0.2) is 32.1 Å². The fourth-order valence-corrected chi connectivity index (χ4v) is 2.49. The molecule has 0 radical (unpaired) electrons. The molecule has 1 aromatic carbocycles. The van der Waals surface area contributed by atoms with Gasteiger partial charge >= 0.3 is 0 Å². The van der Waals surface area contributed by atoms with Crippen molar-refractivity contribution in [1.29, 1.82) is 0 Å². The number of nitrogens with one attached hydrogen (secondary N) is 2. The zero-order valence-corrected chi connectivity index (χ0v) is 11.9. The van der Waals surface area contributed by atoms with Gasteiger partial charge < -0.3 is 15.4 Å². The molecule has 110 valence electrons. The van der Waals surface area contributed by atoms with Crippen LogP contribution < -0.4 is 15.4 Å². The first-order valence-electron chi connectivity index (χ1n) is 6.97. The number of carbonyl (C=O) groups is 1. The molecule has 1 saturated heterocycles. The number of amides is 1. The molecule has 1 heterocycles. The largest absolute Gasteiger partial charge is 0.497 e. The fraction of sp³-hybridized carbons (Fsp3) is 0.533. The van der Waals surface area contributed by atoms with Gasteiger partial charge in [-0.3, -0.25) is 4.79 Å². The molecule has 1 aromatic rings. The van der Waals surface area contributed by atoms with Gasteiger partial charge in [0.25, 0.3) is 5.91 Å². The van der Waals surface area contributed by atoms with E-state index < -0.39 is 5.82 Å². The molecule has 0 saturated carbocycles. The Labute approximate surface area is 118 Å². The Morgan fingerprint density at radius 3 is 3.00 bits per heavy atom. The van der Waals surface area contributed by atoms with E-state index >= 15 is 0 Å². The van der Waals surface area contributed by atoms with Crippen molar-refractivity contribution in [3.63, 3.8) is 0 Å². The van der Waals surface area contributed by atoms with Crippen molar-refractivity contribution in [3.8, 4) is 5.75 Å². The summed E-state index contributed by atoms with van der Waals surface area (Å²) in [6.45, 7) is 3.66. The Bertz CT molecular complexity index is 479. The lowest BCUT2D eigenvalue weighted by molar-refractivity contribution is 0.0939. The van der Waals surface area contributed by atoms with Crippen LogP contribution in [0, 0.1) is 11.7 Å². The number of hydrogen-bond acceptors (Lipinski definition) is 3. The summed E-state index contributed by atoms with van der Waals surface area (Å²) in [6.07, 6.45) is 2.32. The summed E-state index contributed by atoms with van der Waals surface area (Å²) < 4.78 is 18.7. The second kappa shape index (κ2) is 6.70. The van der Waals surface area contributed by atoms with Crippen LogP contribution in [0.15, 0.2) is 18.2 Å². The maximum absolute atomic E-state index is 13.8. The number of piperidine rings is 1. The molecule has 2 unspecified atom stereocenters. The van der Waals surface area contributed by atoms with Crippen LogP contribution in [0.3, 0.4) is 0 Å². The van der Waals surface area contributed by atoms with Gasteiger partial charge in [-0.1, -0.05) is 6.92 Å². The second-order valence-corrected chi connectivity index (χ2v) is 5.24. The maximum Gasteiger partial charge on any atom is 0.254 e. The summed E-state index contributed by atoms with van der Waals surface area (Å²) in [7, 11) is 1.46. The minimum absolute atomic E-state index is 0.0502. The summed E-state index contributed by atoms with van der Waals surface area (Å²) >= 11 is 0. The molecular formula is C15H21FN2O2. The fourth-order valence-electron chi connectivity index (χ4n) is 2.49. The summed E-state index contributed by atoms with van der Waals surface area (Å²) in [5.41, 5.74) is 0.0502. The molecule has 2 N–H and O–H groups in total. The van der Waals surface area contributed by atoms with E-state index in [0.29, 0.717) is 18.2 Å². The molecule has 1 aliphatic rings. The normalized spacial score (nSPS) is 22.4. The molecule has 5 heteroatoms. The zero-order chi connectivity index (χ0) is 14.5. The van der Waals surface area contributed by atoms with Gasteiger partial charge in [-0.25, -0.2) is 4.39 Å². The highest BCUT2D eigenvalue weighted by molar-refractivity contribution is 5.94. The number of hydrogen-bond donors (Lipinski definition) is 2. The predicted molar refractivity (Wildman–Crippen MR) is 75.5 cm³/mol. The molecule has 2 atom stereocenters. The van der Waals surface area contributed by atoms with E-state index in [1.165, 1.54) is 25.7 Å². The minimum Gasteiger partial charge on any atom is -0.497 e. The highest BCUT2D eigenvalue weighted by Crippen LogP contribution is 2.17. The number of halogens is 1. The van der Waals surface area contributed by atoms with Crippen LogP contribution in [-0.2, 0) is 0 Å². The van der Waals surface area contributed by atoms with Crippen LogP contribution in [0.5, 0.6) is 5.75 Å². The smallest absolute Gasteiger partial charge is 0.254 e. The lowest BCUT2D eigenvalue weighted by atomic mass is 9.93. The molecule has 4 nitrogen and oxygen atoms in total. The van der Waals surface area contributed by atoms with E-state index in [1.807, 2.05) is 0 Å². The Balaban J connectivity index is 1.94. The van der Waals surface area contributed by atoms with Gasteiger partial charge in [-0.15, -0.1) is 0 Å².